The molecule has 0 spiro atoms. The maximum Gasteiger partial charge on any atom is 0.150 e. The average molecular weight is 398 g/mol. The molecule has 2 unspecified atom stereocenters. The number of aromatic amines is 1. The Kier molecular flexibility index (Phi) is 5.24. The van der Waals surface area contributed by atoms with E-state index in [1.54, 1.807) is 6.20 Å². The molecule has 1 aromatic carbocycles. The number of nitrogens with two attached hydrogens (primary N) is 1. The molecule has 3 aromatic heterocycles. The molecule has 0 saturated carbocycles. The highest BCUT2D eigenvalue weighted by molar-refractivity contribution is 6.20. The smallest absolute Gasteiger partial charge is 0.150 e. The van der Waals surface area contributed by atoms with Crippen LogP contribution in [0.5, 0.6) is 0 Å². The van der Waals surface area contributed by atoms with Crippen molar-refractivity contribution in [1.29, 1.82) is 0 Å². The van der Waals surface area contributed by atoms with Crippen molar-refractivity contribution in [1.82, 2.24) is 19.4 Å². The molecule has 0 aliphatic heterocycles. The lowest BCUT2D eigenvalue weighted by Crippen LogP contribution is -2.10. The van der Waals surface area contributed by atoms with Gasteiger partial charge in [-0.05, 0) is 31.4 Å². The number of aliphatic hydroxyl groups excluding tert-OH is 1. The first-order valence-electron chi connectivity index (χ1n) is 9.57. The zero-order valence-corrected chi connectivity index (χ0v) is 16.5. The number of hydrogen-bond donors (Lipinski definition) is 3. The Morgan fingerprint density at radius 3 is 2.86 bits per heavy atom. The van der Waals surface area contributed by atoms with Crippen molar-refractivity contribution in [3.8, 4) is 11.4 Å². The summed E-state index contributed by atoms with van der Waals surface area (Å²) in [5.41, 5.74) is 9.84. The Morgan fingerprint density at radius 1 is 1.29 bits per heavy atom. The monoisotopic (exact) mass is 397 g/mol. The van der Waals surface area contributed by atoms with Gasteiger partial charge in [0.25, 0.3) is 0 Å². The number of anilines is 1. The van der Waals surface area contributed by atoms with Gasteiger partial charge in [0.15, 0.2) is 0 Å². The van der Waals surface area contributed by atoms with E-state index in [0.717, 1.165) is 52.9 Å². The minimum atomic E-state index is -0.236. The third-order valence-corrected chi connectivity index (χ3v) is 5.64. The van der Waals surface area contributed by atoms with Gasteiger partial charge in [-0.1, -0.05) is 25.1 Å². The van der Waals surface area contributed by atoms with Crippen LogP contribution in [0, 0.1) is 0 Å². The summed E-state index contributed by atoms with van der Waals surface area (Å²) in [6, 6.07) is 10.2. The fourth-order valence-electron chi connectivity index (χ4n) is 3.75. The van der Waals surface area contributed by atoms with E-state index in [1.807, 2.05) is 28.8 Å². The number of halogens is 1. The predicted octanol–water partition coefficient (Wildman–Crippen LogP) is 4.33. The van der Waals surface area contributed by atoms with E-state index >= 15 is 0 Å². The molecule has 7 heteroatoms. The van der Waals surface area contributed by atoms with Gasteiger partial charge in [-0.2, -0.15) is 0 Å². The number of aromatic nitrogens is 4. The molecule has 4 aromatic rings. The fourth-order valence-corrected chi connectivity index (χ4v) is 3.88. The number of fused-ring (bicyclic) bond motifs is 2. The molecule has 0 aliphatic rings. The summed E-state index contributed by atoms with van der Waals surface area (Å²) in [7, 11) is 0. The van der Waals surface area contributed by atoms with Crippen LogP contribution >= 0.6 is 11.6 Å². The quantitative estimate of drug-likeness (QED) is 0.404. The highest BCUT2D eigenvalue weighted by Gasteiger charge is 2.23. The van der Waals surface area contributed by atoms with E-state index in [4.69, 9.17) is 22.3 Å². The molecule has 4 rings (SSSR count). The van der Waals surface area contributed by atoms with Crippen LogP contribution in [-0.2, 0) is 0 Å². The van der Waals surface area contributed by atoms with Gasteiger partial charge in [0.05, 0.1) is 17.7 Å². The highest BCUT2D eigenvalue weighted by atomic mass is 35.5. The molecular formula is C21H24ClN5O. The first-order valence-corrected chi connectivity index (χ1v) is 10.0. The number of imidazole rings is 1. The number of nitrogen functional groups attached to an aromatic ring is 1. The van der Waals surface area contributed by atoms with Crippen LogP contribution in [-0.4, -0.2) is 36.4 Å². The third-order valence-electron chi connectivity index (χ3n) is 5.28. The number of benzene rings is 1. The van der Waals surface area contributed by atoms with E-state index < -0.39 is 0 Å². The number of H-pyrrole nitrogens is 1. The predicted molar refractivity (Wildman–Crippen MR) is 114 cm³/mol. The first kappa shape index (κ1) is 18.8. The van der Waals surface area contributed by atoms with Crippen molar-refractivity contribution in [2.45, 2.75) is 37.5 Å². The number of hydrogen-bond acceptors (Lipinski definition) is 4. The zero-order chi connectivity index (χ0) is 19.7. The van der Waals surface area contributed by atoms with Crippen LogP contribution in [0.15, 0.2) is 42.7 Å². The SMILES string of the molecule is CCC(CCC(Cl)CO)c1nc(-c2cc3ccccc3[nH]2)c2c(N)nccn12. The summed E-state index contributed by atoms with van der Waals surface area (Å²) in [4.78, 5) is 12.7. The van der Waals surface area contributed by atoms with Crippen molar-refractivity contribution in [3.05, 3.63) is 48.5 Å². The lowest BCUT2D eigenvalue weighted by Gasteiger charge is -2.15. The zero-order valence-electron chi connectivity index (χ0n) is 15.8. The molecule has 0 radical (unpaired) electrons. The van der Waals surface area contributed by atoms with E-state index in [1.165, 1.54) is 0 Å². The number of rotatable bonds is 7. The summed E-state index contributed by atoms with van der Waals surface area (Å²) in [5, 5.41) is 10.1. The topological polar surface area (TPSA) is 92.2 Å². The maximum atomic E-state index is 9.24. The fraction of sp³-hybridized carbons (Fsp3) is 0.333. The van der Waals surface area contributed by atoms with E-state index in [0.29, 0.717) is 5.82 Å². The molecule has 0 aliphatic carbocycles. The second kappa shape index (κ2) is 7.81. The highest BCUT2D eigenvalue weighted by Crippen LogP contribution is 2.34. The summed E-state index contributed by atoms with van der Waals surface area (Å²) in [6.45, 7) is 2.12. The maximum absolute atomic E-state index is 9.24. The Bertz CT molecular complexity index is 1070. The van der Waals surface area contributed by atoms with E-state index in [-0.39, 0.29) is 17.9 Å². The van der Waals surface area contributed by atoms with Gasteiger partial charge in [-0.15, -0.1) is 11.6 Å². The van der Waals surface area contributed by atoms with Crippen molar-refractivity contribution >= 4 is 33.8 Å². The molecule has 4 N–H and O–H groups in total. The minimum Gasteiger partial charge on any atom is -0.395 e. The number of nitrogens with zero attached hydrogens (tertiary/aromatic N) is 3. The molecule has 0 bridgehead atoms. The Morgan fingerprint density at radius 2 is 2.11 bits per heavy atom. The number of para-hydroxylation sites is 1. The largest absolute Gasteiger partial charge is 0.395 e. The van der Waals surface area contributed by atoms with Crippen molar-refractivity contribution < 1.29 is 5.11 Å². The minimum absolute atomic E-state index is 0.0164. The van der Waals surface area contributed by atoms with Crippen LogP contribution in [0.4, 0.5) is 5.82 Å². The van der Waals surface area contributed by atoms with E-state index in [9.17, 15) is 5.11 Å². The van der Waals surface area contributed by atoms with Crippen molar-refractivity contribution in [2.75, 3.05) is 12.3 Å². The normalized spacial score (nSPS) is 14.0. The van der Waals surface area contributed by atoms with Crippen LogP contribution in [0.2, 0.25) is 0 Å². The van der Waals surface area contributed by atoms with Gasteiger partial charge in [-0.25, -0.2) is 9.97 Å². The molecule has 0 fully saturated rings. The Hall–Kier alpha value is -2.57. The molecular weight excluding hydrogens is 374 g/mol. The van der Waals surface area contributed by atoms with Gasteiger partial charge in [0.2, 0.25) is 0 Å². The van der Waals surface area contributed by atoms with E-state index in [2.05, 4.69) is 29.0 Å². The number of aliphatic hydroxyl groups is 1. The lowest BCUT2D eigenvalue weighted by molar-refractivity contribution is 0.284. The van der Waals surface area contributed by atoms with Crippen LogP contribution in [0.1, 0.15) is 37.9 Å². The van der Waals surface area contributed by atoms with Crippen molar-refractivity contribution in [2.24, 2.45) is 0 Å². The average Bonchev–Trinajstić information content (AvgIpc) is 3.31. The van der Waals surface area contributed by atoms with Crippen LogP contribution in [0.3, 0.4) is 0 Å². The second-order valence-electron chi connectivity index (χ2n) is 7.08. The van der Waals surface area contributed by atoms with Gasteiger partial charge in [0, 0.05) is 29.2 Å². The van der Waals surface area contributed by atoms with Crippen LogP contribution < -0.4 is 5.73 Å². The molecule has 6 nitrogen and oxygen atoms in total. The number of nitrogens with one attached hydrogen (secondary N) is 1. The van der Waals surface area contributed by atoms with Crippen LogP contribution in [0.25, 0.3) is 27.8 Å². The standard InChI is InChI=1S/C21H24ClN5O/c1-2-13(7-8-15(22)12-28)21-26-18(19-20(23)24-9-10-27(19)21)17-11-14-5-3-4-6-16(14)25-17/h3-6,9-11,13,15,25,28H,2,7-8,12H2,1H3,(H2,23,24). The second-order valence-corrected chi connectivity index (χ2v) is 7.70. The Balaban J connectivity index is 1.83. The lowest BCUT2D eigenvalue weighted by atomic mass is 9.98. The van der Waals surface area contributed by atoms with Gasteiger partial charge >= 0.3 is 0 Å². The summed E-state index contributed by atoms with van der Waals surface area (Å²) in [6.07, 6.45) is 6.11. The molecule has 146 valence electrons. The molecule has 28 heavy (non-hydrogen) atoms. The summed E-state index contributed by atoms with van der Waals surface area (Å²) < 4.78 is 2.04. The molecule has 2 atom stereocenters. The van der Waals surface area contributed by atoms with Gasteiger partial charge in [0.1, 0.15) is 22.9 Å². The first-order chi connectivity index (χ1) is 13.6. The third kappa shape index (κ3) is 3.34. The number of alkyl halides is 1. The molecule has 3 heterocycles. The summed E-state index contributed by atoms with van der Waals surface area (Å²) in [5.74, 6) is 1.61. The summed E-state index contributed by atoms with van der Waals surface area (Å²) >= 11 is 6.13. The molecule has 0 saturated heterocycles. The van der Waals surface area contributed by atoms with Gasteiger partial charge in [-0.3, -0.25) is 4.40 Å². The molecule has 0 amide bonds. The van der Waals surface area contributed by atoms with Crippen molar-refractivity contribution in [3.63, 3.8) is 0 Å². The van der Waals surface area contributed by atoms with Gasteiger partial charge < -0.3 is 15.8 Å². The Labute approximate surface area is 168 Å².